The van der Waals surface area contributed by atoms with Crippen LogP contribution in [0.15, 0.2) is 48.5 Å². The molecule has 122 valence electrons. The molecular weight excluding hydrogens is 307 g/mol. The maximum atomic E-state index is 13.0. The summed E-state index contributed by atoms with van der Waals surface area (Å²) in [5.74, 6) is -0.525. The van der Waals surface area contributed by atoms with Gasteiger partial charge < -0.3 is 5.32 Å². The number of carbonyl (C=O) groups excluding carboxylic acids is 2. The SMILES string of the molecule is O=C1NC2(CCc3ccccc3C2)C(=O)N1Cc1ccc(F)cc1. The molecule has 2 aliphatic rings. The molecule has 4 rings (SSSR count). The van der Waals surface area contributed by atoms with E-state index in [4.69, 9.17) is 0 Å². The van der Waals surface area contributed by atoms with E-state index in [1.165, 1.54) is 22.6 Å². The lowest BCUT2D eigenvalue weighted by atomic mass is 9.78. The van der Waals surface area contributed by atoms with Crippen LogP contribution in [0.2, 0.25) is 0 Å². The second kappa shape index (κ2) is 5.44. The third kappa shape index (κ3) is 2.37. The molecule has 0 bridgehead atoms. The largest absolute Gasteiger partial charge is 0.325 e. The average Bonchev–Trinajstić information content (AvgIpc) is 2.81. The fourth-order valence-electron chi connectivity index (χ4n) is 3.62. The summed E-state index contributed by atoms with van der Waals surface area (Å²) in [6, 6.07) is 13.5. The van der Waals surface area contributed by atoms with Crippen molar-refractivity contribution in [3.05, 3.63) is 71.0 Å². The maximum absolute atomic E-state index is 13.0. The van der Waals surface area contributed by atoms with Gasteiger partial charge in [0.1, 0.15) is 11.4 Å². The van der Waals surface area contributed by atoms with Crippen molar-refractivity contribution in [3.8, 4) is 0 Å². The predicted octanol–water partition coefficient (Wildman–Crippen LogP) is 2.81. The minimum Gasteiger partial charge on any atom is -0.323 e. The average molecular weight is 324 g/mol. The van der Waals surface area contributed by atoms with Gasteiger partial charge in [0.15, 0.2) is 0 Å². The maximum Gasteiger partial charge on any atom is 0.325 e. The first kappa shape index (κ1) is 14.9. The normalized spacial score (nSPS) is 22.6. The third-order valence-corrected chi connectivity index (χ3v) is 4.93. The molecule has 1 spiro atoms. The van der Waals surface area contributed by atoms with Crippen molar-refractivity contribution in [2.75, 3.05) is 0 Å². The van der Waals surface area contributed by atoms with Gasteiger partial charge in [-0.1, -0.05) is 36.4 Å². The number of imide groups is 1. The molecule has 0 aromatic heterocycles. The zero-order valence-corrected chi connectivity index (χ0v) is 13.1. The summed E-state index contributed by atoms with van der Waals surface area (Å²) >= 11 is 0. The summed E-state index contributed by atoms with van der Waals surface area (Å²) in [5, 5.41) is 2.90. The molecule has 24 heavy (non-hydrogen) atoms. The highest BCUT2D eigenvalue weighted by atomic mass is 19.1. The Bertz CT molecular complexity index is 818. The summed E-state index contributed by atoms with van der Waals surface area (Å²) in [6.07, 6.45) is 1.90. The molecule has 1 heterocycles. The van der Waals surface area contributed by atoms with Gasteiger partial charge in [0.25, 0.3) is 5.91 Å². The van der Waals surface area contributed by atoms with E-state index < -0.39 is 5.54 Å². The fraction of sp³-hybridized carbons (Fsp3) is 0.263. The lowest BCUT2D eigenvalue weighted by Gasteiger charge is -2.32. The number of nitrogens with zero attached hydrogens (tertiary/aromatic N) is 1. The highest BCUT2D eigenvalue weighted by Gasteiger charge is 2.52. The highest BCUT2D eigenvalue weighted by molar-refractivity contribution is 6.07. The summed E-state index contributed by atoms with van der Waals surface area (Å²) in [6.45, 7) is 0.161. The van der Waals surface area contributed by atoms with E-state index in [9.17, 15) is 14.0 Å². The van der Waals surface area contributed by atoms with Crippen molar-refractivity contribution in [1.29, 1.82) is 0 Å². The topological polar surface area (TPSA) is 49.4 Å². The highest BCUT2D eigenvalue weighted by Crippen LogP contribution is 2.34. The zero-order valence-electron chi connectivity index (χ0n) is 13.1. The van der Waals surface area contributed by atoms with Crippen LogP contribution >= 0.6 is 0 Å². The van der Waals surface area contributed by atoms with Gasteiger partial charge in [0.2, 0.25) is 0 Å². The lowest BCUT2D eigenvalue weighted by molar-refractivity contribution is -0.132. The minimum atomic E-state index is -0.842. The van der Waals surface area contributed by atoms with E-state index in [1.54, 1.807) is 12.1 Å². The number of amides is 3. The van der Waals surface area contributed by atoms with Crippen LogP contribution < -0.4 is 5.32 Å². The van der Waals surface area contributed by atoms with Gasteiger partial charge in [-0.25, -0.2) is 9.18 Å². The van der Waals surface area contributed by atoms with E-state index >= 15 is 0 Å². The van der Waals surface area contributed by atoms with E-state index in [1.807, 2.05) is 18.2 Å². The summed E-state index contributed by atoms with van der Waals surface area (Å²) in [7, 11) is 0. The Labute approximate surface area is 139 Å². The van der Waals surface area contributed by atoms with E-state index in [2.05, 4.69) is 11.4 Å². The van der Waals surface area contributed by atoms with Crippen LogP contribution in [0.4, 0.5) is 9.18 Å². The van der Waals surface area contributed by atoms with Crippen molar-refractivity contribution < 1.29 is 14.0 Å². The lowest BCUT2D eigenvalue weighted by Crippen LogP contribution is -2.51. The number of hydrogen-bond donors (Lipinski definition) is 1. The first-order valence-electron chi connectivity index (χ1n) is 8.03. The van der Waals surface area contributed by atoms with Crippen LogP contribution in [0.1, 0.15) is 23.1 Å². The van der Waals surface area contributed by atoms with Crippen molar-refractivity contribution >= 4 is 11.9 Å². The van der Waals surface area contributed by atoms with Crippen molar-refractivity contribution in [3.63, 3.8) is 0 Å². The number of fused-ring (bicyclic) bond motifs is 1. The van der Waals surface area contributed by atoms with Crippen molar-refractivity contribution in [2.24, 2.45) is 0 Å². The number of hydrogen-bond acceptors (Lipinski definition) is 2. The minimum absolute atomic E-state index is 0.161. The molecule has 2 aromatic rings. The van der Waals surface area contributed by atoms with Crippen LogP contribution in [-0.4, -0.2) is 22.4 Å². The molecule has 2 aromatic carbocycles. The molecule has 1 saturated heterocycles. The van der Waals surface area contributed by atoms with Gasteiger partial charge in [-0.05, 0) is 41.7 Å². The first-order valence-corrected chi connectivity index (χ1v) is 8.03. The van der Waals surface area contributed by atoms with E-state index in [0.717, 1.165) is 17.5 Å². The first-order chi connectivity index (χ1) is 11.6. The third-order valence-electron chi connectivity index (χ3n) is 4.93. The molecule has 0 saturated carbocycles. The van der Waals surface area contributed by atoms with Gasteiger partial charge in [0.05, 0.1) is 6.54 Å². The van der Waals surface area contributed by atoms with Gasteiger partial charge in [-0.2, -0.15) is 0 Å². The number of halogens is 1. The Hall–Kier alpha value is -2.69. The Kier molecular flexibility index (Phi) is 3.37. The smallest absolute Gasteiger partial charge is 0.323 e. The van der Waals surface area contributed by atoms with E-state index in [-0.39, 0.29) is 24.3 Å². The molecular formula is C19H17FN2O2. The summed E-state index contributed by atoms with van der Waals surface area (Å²) < 4.78 is 13.0. The molecule has 1 fully saturated rings. The Morgan fingerprint density at radius 3 is 2.50 bits per heavy atom. The molecule has 1 N–H and O–H groups in total. The van der Waals surface area contributed by atoms with Crippen molar-refractivity contribution in [1.82, 2.24) is 10.2 Å². The van der Waals surface area contributed by atoms with Crippen LogP contribution in [0.3, 0.4) is 0 Å². The number of aryl methyl sites for hydroxylation is 1. The predicted molar refractivity (Wildman–Crippen MR) is 86.7 cm³/mol. The number of rotatable bonds is 2. The second-order valence-electron chi connectivity index (χ2n) is 6.48. The van der Waals surface area contributed by atoms with Gasteiger partial charge in [-0.3, -0.25) is 9.69 Å². The van der Waals surface area contributed by atoms with Crippen LogP contribution in [0, 0.1) is 5.82 Å². The number of benzene rings is 2. The molecule has 5 heteroatoms. The number of urea groups is 1. The van der Waals surface area contributed by atoms with Gasteiger partial charge in [0, 0.05) is 6.42 Å². The molecule has 1 atom stereocenters. The number of carbonyl (C=O) groups is 2. The fourth-order valence-corrected chi connectivity index (χ4v) is 3.62. The molecule has 4 nitrogen and oxygen atoms in total. The molecule has 3 amide bonds. The van der Waals surface area contributed by atoms with Crippen LogP contribution in [0.25, 0.3) is 0 Å². The Morgan fingerprint density at radius 1 is 1.04 bits per heavy atom. The zero-order chi connectivity index (χ0) is 16.7. The quantitative estimate of drug-likeness (QED) is 0.864. The van der Waals surface area contributed by atoms with Gasteiger partial charge in [-0.15, -0.1) is 0 Å². The van der Waals surface area contributed by atoms with Crippen LogP contribution in [-0.2, 0) is 24.2 Å². The second-order valence-corrected chi connectivity index (χ2v) is 6.48. The molecule has 0 radical (unpaired) electrons. The number of nitrogens with one attached hydrogen (secondary N) is 1. The summed E-state index contributed by atoms with van der Waals surface area (Å²) in [4.78, 5) is 26.5. The molecule has 1 aliphatic heterocycles. The standard InChI is InChI=1S/C19H17FN2O2/c20-16-7-5-13(6-8-16)12-22-17(23)19(21-18(22)24)10-9-14-3-1-2-4-15(14)11-19/h1-8H,9-12H2,(H,21,24). The molecule has 1 aliphatic carbocycles. The van der Waals surface area contributed by atoms with E-state index in [0.29, 0.717) is 12.8 Å². The monoisotopic (exact) mass is 324 g/mol. The van der Waals surface area contributed by atoms with Gasteiger partial charge >= 0.3 is 6.03 Å². The van der Waals surface area contributed by atoms with Crippen molar-refractivity contribution in [2.45, 2.75) is 31.3 Å². The summed E-state index contributed by atoms with van der Waals surface area (Å²) in [5.41, 5.74) is 2.24. The Balaban J connectivity index is 1.59. The van der Waals surface area contributed by atoms with Crippen LogP contribution in [0.5, 0.6) is 0 Å². The Morgan fingerprint density at radius 2 is 1.75 bits per heavy atom. The molecule has 1 unspecified atom stereocenters.